The van der Waals surface area contributed by atoms with Crippen molar-refractivity contribution in [3.63, 3.8) is 0 Å². The van der Waals surface area contributed by atoms with Gasteiger partial charge in [-0.1, -0.05) is 30.3 Å². The van der Waals surface area contributed by atoms with Crippen LogP contribution in [-0.4, -0.2) is 34.4 Å². The SMILES string of the molecule is Cn1ccc(NC(=O)c2ccc3c(c2)NC(C)(CNCc2ccccc2)CO3)n1. The Kier molecular flexibility index (Phi) is 5.22. The van der Waals surface area contributed by atoms with Crippen molar-refractivity contribution >= 4 is 17.4 Å². The van der Waals surface area contributed by atoms with Gasteiger partial charge in [0.1, 0.15) is 12.4 Å². The number of benzene rings is 2. The van der Waals surface area contributed by atoms with Crippen LogP contribution in [-0.2, 0) is 13.6 Å². The number of nitrogens with one attached hydrogen (secondary N) is 3. The van der Waals surface area contributed by atoms with Gasteiger partial charge in [-0.2, -0.15) is 5.10 Å². The molecule has 1 aliphatic rings. The van der Waals surface area contributed by atoms with Crippen molar-refractivity contribution in [2.75, 3.05) is 23.8 Å². The summed E-state index contributed by atoms with van der Waals surface area (Å²) in [6.07, 6.45) is 1.78. The quantitative estimate of drug-likeness (QED) is 0.602. The van der Waals surface area contributed by atoms with Crippen LogP contribution in [0.25, 0.3) is 0 Å². The number of anilines is 2. The number of ether oxygens (including phenoxy) is 1. The van der Waals surface area contributed by atoms with E-state index in [1.54, 1.807) is 23.0 Å². The van der Waals surface area contributed by atoms with Gasteiger partial charge in [-0.15, -0.1) is 0 Å². The van der Waals surface area contributed by atoms with Crippen LogP contribution < -0.4 is 20.7 Å². The van der Waals surface area contributed by atoms with E-state index in [2.05, 4.69) is 40.1 Å². The van der Waals surface area contributed by atoms with Crippen LogP contribution in [0.4, 0.5) is 11.5 Å². The minimum atomic E-state index is -0.280. The van der Waals surface area contributed by atoms with E-state index in [0.717, 1.165) is 24.5 Å². The van der Waals surface area contributed by atoms with Gasteiger partial charge in [0.2, 0.25) is 0 Å². The number of nitrogens with zero attached hydrogens (tertiary/aromatic N) is 2. The van der Waals surface area contributed by atoms with Gasteiger partial charge in [-0.05, 0) is 30.7 Å². The average molecular weight is 391 g/mol. The van der Waals surface area contributed by atoms with Gasteiger partial charge in [-0.3, -0.25) is 9.48 Å². The lowest BCUT2D eigenvalue weighted by atomic mass is 10.00. The predicted molar refractivity (Wildman–Crippen MR) is 113 cm³/mol. The van der Waals surface area contributed by atoms with Crippen molar-refractivity contribution in [2.24, 2.45) is 7.05 Å². The Labute approximate surface area is 170 Å². The Bertz CT molecular complexity index is 1000. The molecule has 2 aromatic carbocycles. The van der Waals surface area contributed by atoms with Crippen molar-refractivity contribution in [1.29, 1.82) is 0 Å². The molecule has 0 radical (unpaired) electrons. The molecule has 0 spiro atoms. The van der Waals surface area contributed by atoms with Crippen LogP contribution in [0.1, 0.15) is 22.8 Å². The maximum Gasteiger partial charge on any atom is 0.256 e. The standard InChI is InChI=1S/C22H25N5O2/c1-22(14-23-13-16-6-4-3-5-7-16)15-29-19-9-8-17(12-18(19)25-22)21(28)24-20-10-11-27(2)26-20/h3-12,23,25H,13-15H2,1-2H3,(H,24,26,28). The van der Waals surface area contributed by atoms with E-state index in [4.69, 9.17) is 4.74 Å². The molecule has 1 atom stereocenters. The van der Waals surface area contributed by atoms with Gasteiger partial charge in [0.15, 0.2) is 5.82 Å². The number of fused-ring (bicyclic) bond motifs is 1. The normalized spacial score (nSPS) is 17.7. The third kappa shape index (κ3) is 4.57. The van der Waals surface area contributed by atoms with Gasteiger partial charge in [0, 0.05) is 38.0 Å². The van der Waals surface area contributed by atoms with Crippen LogP contribution in [0.5, 0.6) is 5.75 Å². The number of carbonyl (C=O) groups excluding carboxylic acids is 1. The van der Waals surface area contributed by atoms with Gasteiger partial charge >= 0.3 is 0 Å². The van der Waals surface area contributed by atoms with Crippen molar-refractivity contribution in [1.82, 2.24) is 15.1 Å². The first-order valence-electron chi connectivity index (χ1n) is 9.61. The predicted octanol–water partition coefficient (Wildman–Crippen LogP) is 3.03. The number of hydrogen-bond donors (Lipinski definition) is 3. The van der Waals surface area contributed by atoms with Crippen LogP contribution in [0.2, 0.25) is 0 Å². The molecule has 3 N–H and O–H groups in total. The number of aryl methyl sites for hydroxylation is 1. The summed E-state index contributed by atoms with van der Waals surface area (Å²) in [6, 6.07) is 17.4. The molecule has 3 aromatic rings. The van der Waals surface area contributed by atoms with Gasteiger partial charge < -0.3 is 20.7 Å². The lowest BCUT2D eigenvalue weighted by molar-refractivity contribution is 0.102. The lowest BCUT2D eigenvalue weighted by Gasteiger charge is -2.37. The number of rotatable bonds is 6. The highest BCUT2D eigenvalue weighted by Gasteiger charge is 2.30. The molecule has 0 saturated heterocycles. The Morgan fingerprint density at radius 3 is 2.83 bits per heavy atom. The van der Waals surface area contributed by atoms with E-state index in [-0.39, 0.29) is 11.4 Å². The van der Waals surface area contributed by atoms with Crippen molar-refractivity contribution in [3.8, 4) is 5.75 Å². The highest BCUT2D eigenvalue weighted by Crippen LogP contribution is 2.33. The molecular weight excluding hydrogens is 366 g/mol. The first-order chi connectivity index (χ1) is 14.0. The molecule has 1 aliphatic heterocycles. The number of hydrogen-bond acceptors (Lipinski definition) is 5. The summed E-state index contributed by atoms with van der Waals surface area (Å²) in [5, 5.41) is 14.0. The minimum absolute atomic E-state index is 0.206. The summed E-state index contributed by atoms with van der Waals surface area (Å²) >= 11 is 0. The number of amides is 1. The van der Waals surface area contributed by atoms with E-state index in [0.29, 0.717) is 18.0 Å². The molecular formula is C22H25N5O2. The molecule has 1 unspecified atom stereocenters. The van der Waals surface area contributed by atoms with Crippen LogP contribution in [0.3, 0.4) is 0 Å². The summed E-state index contributed by atoms with van der Waals surface area (Å²) in [5.41, 5.74) is 2.32. The van der Waals surface area contributed by atoms with Gasteiger partial charge in [0.25, 0.3) is 5.91 Å². The van der Waals surface area contributed by atoms with E-state index >= 15 is 0 Å². The fourth-order valence-electron chi connectivity index (χ4n) is 3.34. The van der Waals surface area contributed by atoms with E-state index in [9.17, 15) is 4.79 Å². The largest absolute Gasteiger partial charge is 0.489 e. The minimum Gasteiger partial charge on any atom is -0.489 e. The second kappa shape index (κ2) is 7.97. The van der Waals surface area contributed by atoms with Crippen LogP contribution in [0.15, 0.2) is 60.8 Å². The van der Waals surface area contributed by atoms with E-state index < -0.39 is 0 Å². The molecule has 1 aromatic heterocycles. The molecule has 150 valence electrons. The molecule has 0 saturated carbocycles. The Hall–Kier alpha value is -3.32. The average Bonchev–Trinajstić information content (AvgIpc) is 3.12. The van der Waals surface area contributed by atoms with Crippen LogP contribution >= 0.6 is 0 Å². The van der Waals surface area contributed by atoms with Crippen molar-refractivity contribution < 1.29 is 9.53 Å². The van der Waals surface area contributed by atoms with Gasteiger partial charge in [-0.25, -0.2) is 0 Å². The smallest absolute Gasteiger partial charge is 0.256 e. The summed E-state index contributed by atoms with van der Waals surface area (Å²) < 4.78 is 7.59. The van der Waals surface area contributed by atoms with E-state index in [1.807, 2.05) is 37.4 Å². The zero-order valence-corrected chi connectivity index (χ0v) is 16.6. The second-order valence-electron chi connectivity index (χ2n) is 7.60. The summed E-state index contributed by atoms with van der Waals surface area (Å²) in [7, 11) is 1.81. The first kappa shape index (κ1) is 19.0. The zero-order valence-electron chi connectivity index (χ0n) is 16.6. The van der Waals surface area contributed by atoms with Crippen molar-refractivity contribution in [2.45, 2.75) is 19.0 Å². The fraction of sp³-hybridized carbons (Fsp3) is 0.273. The summed E-state index contributed by atoms with van der Waals surface area (Å²) in [5.74, 6) is 1.07. The molecule has 0 bridgehead atoms. The molecule has 7 nitrogen and oxygen atoms in total. The molecule has 29 heavy (non-hydrogen) atoms. The summed E-state index contributed by atoms with van der Waals surface area (Å²) in [6.45, 7) is 4.17. The Morgan fingerprint density at radius 2 is 2.07 bits per heavy atom. The number of aromatic nitrogens is 2. The molecule has 0 aliphatic carbocycles. The number of carbonyl (C=O) groups is 1. The first-order valence-corrected chi connectivity index (χ1v) is 9.61. The maximum atomic E-state index is 12.6. The molecule has 0 fully saturated rings. The fourth-order valence-corrected chi connectivity index (χ4v) is 3.34. The maximum absolute atomic E-state index is 12.6. The molecule has 7 heteroatoms. The zero-order chi connectivity index (χ0) is 20.3. The van der Waals surface area contributed by atoms with Crippen LogP contribution in [0, 0.1) is 0 Å². The monoisotopic (exact) mass is 391 g/mol. The Morgan fingerprint density at radius 1 is 1.24 bits per heavy atom. The lowest BCUT2D eigenvalue weighted by Crippen LogP contribution is -2.51. The molecule has 4 rings (SSSR count). The van der Waals surface area contributed by atoms with E-state index in [1.165, 1.54) is 5.56 Å². The highest BCUT2D eigenvalue weighted by molar-refractivity contribution is 6.04. The second-order valence-corrected chi connectivity index (χ2v) is 7.60. The highest BCUT2D eigenvalue weighted by atomic mass is 16.5. The third-order valence-electron chi connectivity index (χ3n) is 4.87. The Balaban J connectivity index is 1.41. The van der Waals surface area contributed by atoms with Gasteiger partial charge in [0.05, 0.1) is 11.2 Å². The summed E-state index contributed by atoms with van der Waals surface area (Å²) in [4.78, 5) is 12.6. The molecule has 2 heterocycles. The van der Waals surface area contributed by atoms with Crippen molar-refractivity contribution in [3.05, 3.63) is 71.9 Å². The topological polar surface area (TPSA) is 80.2 Å². The molecule has 1 amide bonds. The third-order valence-corrected chi connectivity index (χ3v) is 4.87.